The SMILES string of the molecule is CNC(C)(CCCCN(C)CCC(C)C)C(N)=O. The molecule has 0 aliphatic rings. The van der Waals surface area contributed by atoms with Gasteiger partial charge in [-0.15, -0.1) is 0 Å². The minimum atomic E-state index is -0.559. The zero-order valence-electron chi connectivity index (χ0n) is 12.8. The highest BCUT2D eigenvalue weighted by Crippen LogP contribution is 2.13. The molecule has 0 saturated carbocycles. The molecule has 0 aromatic rings. The number of carbonyl (C=O) groups excluding carboxylic acids is 1. The number of hydrogen-bond donors (Lipinski definition) is 2. The van der Waals surface area contributed by atoms with E-state index in [9.17, 15) is 4.79 Å². The summed E-state index contributed by atoms with van der Waals surface area (Å²) in [5, 5.41) is 3.02. The van der Waals surface area contributed by atoms with Gasteiger partial charge < -0.3 is 16.0 Å². The molecule has 0 heterocycles. The number of rotatable bonds is 10. The van der Waals surface area contributed by atoms with Crippen LogP contribution in [0.3, 0.4) is 0 Å². The molecule has 0 radical (unpaired) electrons. The molecule has 1 atom stereocenters. The lowest BCUT2D eigenvalue weighted by atomic mass is 9.94. The molecule has 0 aromatic carbocycles. The zero-order chi connectivity index (χ0) is 14.2. The Kier molecular flexibility index (Phi) is 8.20. The Morgan fingerprint density at radius 1 is 1.33 bits per heavy atom. The summed E-state index contributed by atoms with van der Waals surface area (Å²) in [4.78, 5) is 13.7. The van der Waals surface area contributed by atoms with Crippen molar-refractivity contribution in [3.8, 4) is 0 Å². The molecular formula is C14H31N3O. The van der Waals surface area contributed by atoms with E-state index < -0.39 is 5.54 Å². The number of hydrogen-bond acceptors (Lipinski definition) is 3. The summed E-state index contributed by atoms with van der Waals surface area (Å²) < 4.78 is 0. The fourth-order valence-corrected chi connectivity index (χ4v) is 1.82. The molecule has 0 rings (SSSR count). The van der Waals surface area contributed by atoms with Crippen LogP contribution in [0.5, 0.6) is 0 Å². The molecule has 1 amide bonds. The van der Waals surface area contributed by atoms with Crippen LogP contribution in [0.15, 0.2) is 0 Å². The smallest absolute Gasteiger partial charge is 0.237 e. The first-order valence-electron chi connectivity index (χ1n) is 6.99. The summed E-state index contributed by atoms with van der Waals surface area (Å²) in [6, 6.07) is 0. The van der Waals surface area contributed by atoms with Gasteiger partial charge in [0, 0.05) is 0 Å². The normalized spacial score (nSPS) is 15.1. The van der Waals surface area contributed by atoms with Gasteiger partial charge in [0.2, 0.25) is 5.91 Å². The number of primary amides is 1. The van der Waals surface area contributed by atoms with Gasteiger partial charge >= 0.3 is 0 Å². The van der Waals surface area contributed by atoms with Gasteiger partial charge in [0.15, 0.2) is 0 Å². The number of unbranched alkanes of at least 4 members (excludes halogenated alkanes) is 1. The number of nitrogens with one attached hydrogen (secondary N) is 1. The van der Waals surface area contributed by atoms with Gasteiger partial charge in [-0.2, -0.15) is 0 Å². The standard InChI is InChI=1S/C14H31N3O/c1-12(2)8-11-17(5)10-7-6-9-14(3,16-4)13(15)18/h12,16H,6-11H2,1-5H3,(H2,15,18). The van der Waals surface area contributed by atoms with Crippen molar-refractivity contribution in [1.29, 1.82) is 0 Å². The second kappa shape index (κ2) is 8.48. The van der Waals surface area contributed by atoms with Crippen LogP contribution >= 0.6 is 0 Å². The summed E-state index contributed by atoms with van der Waals surface area (Å²) in [5.41, 5.74) is 4.83. The molecule has 4 heteroatoms. The van der Waals surface area contributed by atoms with Gasteiger partial charge in [0.05, 0.1) is 5.54 Å². The van der Waals surface area contributed by atoms with E-state index in [1.807, 2.05) is 6.92 Å². The van der Waals surface area contributed by atoms with Crippen LogP contribution in [0.2, 0.25) is 0 Å². The van der Waals surface area contributed by atoms with E-state index in [4.69, 9.17) is 5.73 Å². The fourth-order valence-electron chi connectivity index (χ4n) is 1.82. The fraction of sp³-hybridized carbons (Fsp3) is 0.929. The molecular weight excluding hydrogens is 226 g/mol. The molecule has 0 spiro atoms. The Morgan fingerprint density at radius 3 is 2.39 bits per heavy atom. The quantitative estimate of drug-likeness (QED) is 0.584. The first kappa shape index (κ1) is 17.4. The van der Waals surface area contributed by atoms with E-state index in [1.54, 1.807) is 7.05 Å². The molecule has 0 aliphatic heterocycles. The van der Waals surface area contributed by atoms with E-state index in [0.29, 0.717) is 0 Å². The molecule has 3 N–H and O–H groups in total. The highest BCUT2D eigenvalue weighted by Gasteiger charge is 2.27. The average Bonchev–Trinajstić information content (AvgIpc) is 2.31. The Bertz CT molecular complexity index is 243. The predicted octanol–water partition coefficient (Wildman–Crippen LogP) is 1.60. The molecule has 108 valence electrons. The number of carbonyl (C=O) groups is 1. The first-order valence-corrected chi connectivity index (χ1v) is 6.99. The highest BCUT2D eigenvalue weighted by molar-refractivity contribution is 5.84. The minimum Gasteiger partial charge on any atom is -0.368 e. The highest BCUT2D eigenvalue weighted by atomic mass is 16.1. The molecule has 1 unspecified atom stereocenters. The van der Waals surface area contributed by atoms with Crippen molar-refractivity contribution < 1.29 is 4.79 Å². The van der Waals surface area contributed by atoms with Crippen molar-refractivity contribution in [2.45, 2.75) is 52.0 Å². The lowest BCUT2D eigenvalue weighted by Crippen LogP contribution is -2.51. The number of nitrogens with two attached hydrogens (primary N) is 1. The van der Waals surface area contributed by atoms with Crippen molar-refractivity contribution in [3.05, 3.63) is 0 Å². The molecule has 0 bridgehead atoms. The lowest BCUT2D eigenvalue weighted by Gasteiger charge is -2.26. The average molecular weight is 257 g/mol. The van der Waals surface area contributed by atoms with E-state index in [0.717, 1.165) is 38.3 Å². The maximum atomic E-state index is 11.3. The van der Waals surface area contributed by atoms with Crippen molar-refractivity contribution in [2.75, 3.05) is 27.2 Å². The van der Waals surface area contributed by atoms with Crippen molar-refractivity contribution in [2.24, 2.45) is 11.7 Å². The van der Waals surface area contributed by atoms with Gasteiger partial charge in [-0.3, -0.25) is 4.79 Å². The minimum absolute atomic E-state index is 0.266. The topological polar surface area (TPSA) is 58.4 Å². The number of amides is 1. The summed E-state index contributed by atoms with van der Waals surface area (Å²) in [5.74, 6) is 0.494. The lowest BCUT2D eigenvalue weighted by molar-refractivity contribution is -0.123. The summed E-state index contributed by atoms with van der Waals surface area (Å²) in [6.45, 7) is 8.61. The number of likely N-dealkylation sites (N-methyl/N-ethyl adjacent to an activating group) is 1. The van der Waals surface area contributed by atoms with E-state index in [2.05, 4.69) is 31.1 Å². The third kappa shape index (κ3) is 6.97. The third-order valence-electron chi connectivity index (χ3n) is 3.65. The molecule has 0 saturated heterocycles. The van der Waals surface area contributed by atoms with Crippen LogP contribution in [-0.2, 0) is 4.79 Å². The van der Waals surface area contributed by atoms with Gasteiger partial charge in [0.1, 0.15) is 0 Å². The van der Waals surface area contributed by atoms with E-state index in [1.165, 1.54) is 6.42 Å². The monoisotopic (exact) mass is 257 g/mol. The Balaban J connectivity index is 3.75. The van der Waals surface area contributed by atoms with Crippen molar-refractivity contribution in [1.82, 2.24) is 10.2 Å². The summed E-state index contributed by atoms with van der Waals surface area (Å²) in [7, 11) is 3.95. The second-order valence-electron chi connectivity index (χ2n) is 5.89. The molecule has 0 aliphatic carbocycles. The van der Waals surface area contributed by atoms with Crippen LogP contribution in [0.25, 0.3) is 0 Å². The van der Waals surface area contributed by atoms with Gasteiger partial charge in [-0.05, 0) is 65.7 Å². The maximum absolute atomic E-state index is 11.3. The molecule has 0 aromatic heterocycles. The van der Waals surface area contributed by atoms with E-state index in [-0.39, 0.29) is 5.91 Å². The van der Waals surface area contributed by atoms with E-state index >= 15 is 0 Å². The van der Waals surface area contributed by atoms with Gasteiger partial charge in [-0.1, -0.05) is 13.8 Å². The van der Waals surface area contributed by atoms with Crippen LogP contribution in [0.4, 0.5) is 0 Å². The Morgan fingerprint density at radius 2 is 1.94 bits per heavy atom. The Labute approximate surface area is 112 Å². The van der Waals surface area contributed by atoms with Crippen LogP contribution < -0.4 is 11.1 Å². The summed E-state index contributed by atoms with van der Waals surface area (Å²) >= 11 is 0. The second-order valence-corrected chi connectivity index (χ2v) is 5.89. The zero-order valence-corrected chi connectivity index (χ0v) is 12.8. The predicted molar refractivity (Wildman–Crippen MR) is 77.5 cm³/mol. The van der Waals surface area contributed by atoms with Crippen molar-refractivity contribution >= 4 is 5.91 Å². The van der Waals surface area contributed by atoms with Crippen LogP contribution in [0, 0.1) is 5.92 Å². The maximum Gasteiger partial charge on any atom is 0.237 e. The number of nitrogens with zero attached hydrogens (tertiary/aromatic N) is 1. The molecule has 18 heavy (non-hydrogen) atoms. The third-order valence-corrected chi connectivity index (χ3v) is 3.65. The first-order chi connectivity index (χ1) is 8.31. The van der Waals surface area contributed by atoms with Gasteiger partial charge in [0.25, 0.3) is 0 Å². The summed E-state index contributed by atoms with van der Waals surface area (Å²) in [6.07, 6.45) is 4.17. The molecule has 0 fully saturated rings. The van der Waals surface area contributed by atoms with Crippen LogP contribution in [0.1, 0.15) is 46.5 Å². The van der Waals surface area contributed by atoms with Crippen LogP contribution in [-0.4, -0.2) is 43.5 Å². The molecule has 4 nitrogen and oxygen atoms in total. The van der Waals surface area contributed by atoms with Gasteiger partial charge in [-0.25, -0.2) is 0 Å². The van der Waals surface area contributed by atoms with Crippen molar-refractivity contribution in [3.63, 3.8) is 0 Å². The largest absolute Gasteiger partial charge is 0.368 e. The Hall–Kier alpha value is -0.610.